The Labute approximate surface area is 109 Å². The molecule has 1 radical (unpaired) electrons. The number of fused-ring (bicyclic) bond motifs is 1. The summed E-state index contributed by atoms with van der Waals surface area (Å²) in [6.45, 7) is 0. The van der Waals surface area contributed by atoms with E-state index in [0.717, 1.165) is 16.8 Å². The Kier molecular flexibility index (Phi) is 2.88. The molecule has 0 unspecified atom stereocenters. The van der Waals surface area contributed by atoms with Gasteiger partial charge in [-0.3, -0.25) is 0 Å². The predicted octanol–water partition coefficient (Wildman–Crippen LogP) is 4.71. The molecule has 3 rings (SSSR count). The lowest BCUT2D eigenvalue weighted by Crippen LogP contribution is -1.93. The summed E-state index contributed by atoms with van der Waals surface area (Å²) in [5, 5.41) is 1.74. The molecule has 0 heterocycles. The van der Waals surface area contributed by atoms with Crippen molar-refractivity contribution in [1.82, 2.24) is 0 Å². The van der Waals surface area contributed by atoms with E-state index in [2.05, 4.69) is 6.07 Å². The second-order valence-corrected chi connectivity index (χ2v) is 4.05. The average molecular weight is 255 g/mol. The van der Waals surface area contributed by atoms with Crippen LogP contribution in [0.3, 0.4) is 0 Å². The van der Waals surface area contributed by atoms with Gasteiger partial charge in [0.2, 0.25) is 0 Å². The molecule has 0 saturated carbocycles. The normalized spacial score (nSPS) is 10.6. The van der Waals surface area contributed by atoms with Gasteiger partial charge in [0.05, 0.1) is 0 Å². The minimum Gasteiger partial charge on any atom is -0.450 e. The van der Waals surface area contributed by atoms with Gasteiger partial charge in [0.1, 0.15) is 5.75 Å². The Morgan fingerprint density at radius 1 is 0.895 bits per heavy atom. The first kappa shape index (κ1) is 11.7. The van der Waals surface area contributed by atoms with E-state index in [1.165, 1.54) is 6.07 Å². The fraction of sp³-hybridized carbons (Fsp3) is 0. The van der Waals surface area contributed by atoms with Gasteiger partial charge in [-0.1, -0.05) is 36.4 Å². The van der Waals surface area contributed by atoms with Crippen LogP contribution in [0.15, 0.2) is 54.6 Å². The van der Waals surface area contributed by atoms with Crippen molar-refractivity contribution in [3.8, 4) is 11.5 Å². The zero-order chi connectivity index (χ0) is 13.2. The number of benzene rings is 3. The topological polar surface area (TPSA) is 9.23 Å². The van der Waals surface area contributed by atoms with Crippen LogP contribution in [0.4, 0.5) is 8.78 Å². The van der Waals surface area contributed by atoms with E-state index in [0.29, 0.717) is 5.75 Å². The molecular formula is C16H9F2O. The third kappa shape index (κ3) is 2.15. The molecule has 3 aromatic rings. The molecule has 0 fully saturated rings. The number of rotatable bonds is 2. The maximum absolute atomic E-state index is 13.6. The van der Waals surface area contributed by atoms with Crippen molar-refractivity contribution >= 4 is 10.8 Å². The highest BCUT2D eigenvalue weighted by molar-refractivity contribution is 5.88. The SMILES string of the molecule is Fc1[c]ccc(F)c1Oc1cccc2ccccc12. The Bertz CT molecular complexity index is 712. The molecule has 0 atom stereocenters. The summed E-state index contributed by atoms with van der Waals surface area (Å²) in [6.07, 6.45) is 0. The molecule has 0 aliphatic heterocycles. The number of halogens is 2. The van der Waals surface area contributed by atoms with Gasteiger partial charge in [-0.2, -0.15) is 0 Å². The van der Waals surface area contributed by atoms with Crippen molar-refractivity contribution < 1.29 is 13.5 Å². The van der Waals surface area contributed by atoms with Crippen LogP contribution in [-0.2, 0) is 0 Å². The maximum Gasteiger partial charge on any atom is 0.199 e. The summed E-state index contributed by atoms with van der Waals surface area (Å²) >= 11 is 0. The summed E-state index contributed by atoms with van der Waals surface area (Å²) in [4.78, 5) is 0. The van der Waals surface area contributed by atoms with E-state index in [4.69, 9.17) is 4.74 Å². The Morgan fingerprint density at radius 2 is 1.68 bits per heavy atom. The number of ether oxygens (including phenoxy) is 1. The summed E-state index contributed by atoms with van der Waals surface area (Å²) in [5.41, 5.74) is 0. The molecule has 0 amide bonds. The van der Waals surface area contributed by atoms with Crippen LogP contribution >= 0.6 is 0 Å². The first-order valence-electron chi connectivity index (χ1n) is 5.77. The van der Waals surface area contributed by atoms with E-state index in [1.807, 2.05) is 30.3 Å². The molecule has 93 valence electrons. The fourth-order valence-electron chi connectivity index (χ4n) is 1.92. The highest BCUT2D eigenvalue weighted by Crippen LogP contribution is 2.32. The zero-order valence-corrected chi connectivity index (χ0v) is 9.86. The Balaban J connectivity index is 2.11. The molecule has 1 nitrogen and oxygen atoms in total. The second-order valence-electron chi connectivity index (χ2n) is 4.05. The van der Waals surface area contributed by atoms with Crippen molar-refractivity contribution in [1.29, 1.82) is 0 Å². The van der Waals surface area contributed by atoms with Gasteiger partial charge in [0.25, 0.3) is 0 Å². The quantitative estimate of drug-likeness (QED) is 0.644. The summed E-state index contributed by atoms with van der Waals surface area (Å²) in [5.74, 6) is -1.61. The molecule has 3 aromatic carbocycles. The van der Waals surface area contributed by atoms with E-state index in [9.17, 15) is 8.78 Å². The molecule has 0 aliphatic rings. The second kappa shape index (κ2) is 4.69. The van der Waals surface area contributed by atoms with Crippen molar-refractivity contribution in [3.05, 3.63) is 72.3 Å². The summed E-state index contributed by atoms with van der Waals surface area (Å²) in [6, 6.07) is 17.4. The van der Waals surface area contributed by atoms with Crippen molar-refractivity contribution in [2.75, 3.05) is 0 Å². The molecular weight excluding hydrogens is 246 g/mol. The van der Waals surface area contributed by atoms with Crippen LogP contribution in [0.1, 0.15) is 0 Å². The van der Waals surface area contributed by atoms with Gasteiger partial charge in [0, 0.05) is 11.5 Å². The minimum atomic E-state index is -0.840. The van der Waals surface area contributed by atoms with Crippen molar-refractivity contribution in [2.45, 2.75) is 0 Å². The highest BCUT2D eigenvalue weighted by atomic mass is 19.1. The highest BCUT2D eigenvalue weighted by Gasteiger charge is 2.12. The maximum atomic E-state index is 13.6. The third-order valence-corrected chi connectivity index (χ3v) is 2.82. The molecule has 3 heteroatoms. The fourth-order valence-corrected chi connectivity index (χ4v) is 1.92. The van der Waals surface area contributed by atoms with Gasteiger partial charge < -0.3 is 4.74 Å². The van der Waals surface area contributed by atoms with E-state index >= 15 is 0 Å². The molecule has 0 bridgehead atoms. The smallest absolute Gasteiger partial charge is 0.199 e. The van der Waals surface area contributed by atoms with E-state index in [1.54, 1.807) is 12.1 Å². The number of hydrogen-bond donors (Lipinski definition) is 0. The molecule has 0 spiro atoms. The molecule has 0 aliphatic carbocycles. The molecule has 0 saturated heterocycles. The lowest BCUT2D eigenvalue weighted by Gasteiger charge is -2.10. The summed E-state index contributed by atoms with van der Waals surface area (Å²) < 4.78 is 32.4. The standard InChI is InChI=1S/C16H9F2O/c17-13-8-4-9-14(18)16(13)19-15-10-3-6-11-5-1-2-7-12(11)15/h1-8,10H. The largest absolute Gasteiger partial charge is 0.450 e. The van der Waals surface area contributed by atoms with E-state index in [-0.39, 0.29) is 0 Å². The van der Waals surface area contributed by atoms with Gasteiger partial charge in [0.15, 0.2) is 17.4 Å². The van der Waals surface area contributed by atoms with Crippen LogP contribution in [0.5, 0.6) is 11.5 Å². The summed E-state index contributed by atoms with van der Waals surface area (Å²) in [7, 11) is 0. The van der Waals surface area contributed by atoms with Crippen LogP contribution in [0.2, 0.25) is 0 Å². The van der Waals surface area contributed by atoms with Crippen molar-refractivity contribution in [3.63, 3.8) is 0 Å². The van der Waals surface area contributed by atoms with Gasteiger partial charge in [-0.15, -0.1) is 0 Å². The van der Waals surface area contributed by atoms with Gasteiger partial charge in [-0.05, 0) is 23.6 Å². The van der Waals surface area contributed by atoms with E-state index < -0.39 is 17.4 Å². The predicted molar refractivity (Wildman–Crippen MR) is 69.2 cm³/mol. The Morgan fingerprint density at radius 3 is 2.53 bits per heavy atom. The van der Waals surface area contributed by atoms with Crippen molar-refractivity contribution in [2.24, 2.45) is 0 Å². The minimum absolute atomic E-state index is 0.413. The molecule has 0 aromatic heterocycles. The van der Waals surface area contributed by atoms with Crippen LogP contribution in [0, 0.1) is 17.7 Å². The Hall–Kier alpha value is -2.42. The zero-order valence-electron chi connectivity index (χ0n) is 9.86. The lowest BCUT2D eigenvalue weighted by atomic mass is 10.1. The molecule has 19 heavy (non-hydrogen) atoms. The van der Waals surface area contributed by atoms with Gasteiger partial charge >= 0.3 is 0 Å². The van der Waals surface area contributed by atoms with Crippen LogP contribution in [-0.4, -0.2) is 0 Å². The van der Waals surface area contributed by atoms with Crippen LogP contribution < -0.4 is 4.74 Å². The van der Waals surface area contributed by atoms with Gasteiger partial charge in [-0.25, -0.2) is 8.78 Å². The third-order valence-electron chi connectivity index (χ3n) is 2.82. The monoisotopic (exact) mass is 255 g/mol. The average Bonchev–Trinajstić information content (AvgIpc) is 2.43. The lowest BCUT2D eigenvalue weighted by molar-refractivity contribution is 0.410. The van der Waals surface area contributed by atoms with Crippen LogP contribution in [0.25, 0.3) is 10.8 Å². The number of hydrogen-bond acceptors (Lipinski definition) is 1. The first-order valence-corrected chi connectivity index (χ1v) is 5.77. The first-order chi connectivity index (χ1) is 9.25. The molecule has 0 N–H and O–H groups in total.